The molecule has 1 aromatic carbocycles. The van der Waals surface area contributed by atoms with E-state index in [0.29, 0.717) is 17.3 Å². The minimum atomic E-state index is -0.0878. The Bertz CT molecular complexity index is 988. The summed E-state index contributed by atoms with van der Waals surface area (Å²) in [5, 5.41) is 5.50. The van der Waals surface area contributed by atoms with Crippen molar-refractivity contribution < 1.29 is 9.21 Å². The van der Waals surface area contributed by atoms with Crippen LogP contribution in [-0.4, -0.2) is 15.3 Å². The summed E-state index contributed by atoms with van der Waals surface area (Å²) in [4.78, 5) is 17.4. The van der Waals surface area contributed by atoms with Gasteiger partial charge in [0.25, 0.3) is 0 Å². The third-order valence-electron chi connectivity index (χ3n) is 3.74. The second kappa shape index (κ2) is 6.74. The molecular formula is C18H14ClN3O2S. The first-order valence-corrected chi connectivity index (χ1v) is 8.95. The first-order valence-electron chi connectivity index (χ1n) is 7.70. The first-order chi connectivity index (χ1) is 12.2. The Morgan fingerprint density at radius 2 is 2.08 bits per heavy atom. The normalized spacial score (nSPS) is 11.1. The summed E-state index contributed by atoms with van der Waals surface area (Å²) >= 11 is 7.43. The van der Waals surface area contributed by atoms with E-state index < -0.39 is 0 Å². The average Bonchev–Trinajstić information content (AvgIpc) is 3.29. The number of furan rings is 1. The van der Waals surface area contributed by atoms with Crippen molar-refractivity contribution >= 4 is 33.8 Å². The standard InChI is InChI=1S/C18H14ClN3O2S/c19-13-3-1-12(2-4-13)16-6-5-15(24-16)10-20-17(23)9-14-11-22-7-8-25-18(22)21-14/h1-8,11H,9-10H2,(H,20,23). The van der Waals surface area contributed by atoms with Crippen LogP contribution in [0.4, 0.5) is 0 Å². The second-order valence-corrected chi connectivity index (χ2v) is 6.86. The number of aromatic nitrogens is 2. The third kappa shape index (κ3) is 3.60. The van der Waals surface area contributed by atoms with E-state index in [9.17, 15) is 4.79 Å². The number of amides is 1. The topological polar surface area (TPSA) is 59.5 Å². The van der Waals surface area contributed by atoms with E-state index >= 15 is 0 Å². The molecule has 25 heavy (non-hydrogen) atoms. The van der Waals surface area contributed by atoms with Crippen LogP contribution < -0.4 is 5.32 Å². The molecule has 0 saturated heterocycles. The van der Waals surface area contributed by atoms with Crippen LogP contribution in [0.25, 0.3) is 16.3 Å². The Hall–Kier alpha value is -2.57. The van der Waals surface area contributed by atoms with Gasteiger partial charge in [-0.05, 0) is 36.4 Å². The first kappa shape index (κ1) is 15.9. The highest BCUT2D eigenvalue weighted by Crippen LogP contribution is 2.23. The lowest BCUT2D eigenvalue weighted by atomic mass is 10.2. The summed E-state index contributed by atoms with van der Waals surface area (Å²) < 4.78 is 7.68. The van der Waals surface area contributed by atoms with Gasteiger partial charge in [0.1, 0.15) is 11.5 Å². The maximum atomic E-state index is 12.1. The Balaban J connectivity index is 1.35. The summed E-state index contributed by atoms with van der Waals surface area (Å²) in [6.07, 6.45) is 4.05. The van der Waals surface area contributed by atoms with Gasteiger partial charge >= 0.3 is 0 Å². The van der Waals surface area contributed by atoms with Gasteiger partial charge in [0, 0.05) is 28.4 Å². The van der Waals surface area contributed by atoms with Gasteiger partial charge in [-0.15, -0.1) is 11.3 Å². The van der Waals surface area contributed by atoms with Crippen molar-refractivity contribution in [2.45, 2.75) is 13.0 Å². The smallest absolute Gasteiger partial charge is 0.226 e. The molecule has 1 amide bonds. The molecule has 3 aromatic heterocycles. The van der Waals surface area contributed by atoms with Crippen molar-refractivity contribution in [1.82, 2.24) is 14.7 Å². The molecule has 4 rings (SSSR count). The van der Waals surface area contributed by atoms with Gasteiger partial charge in [0.05, 0.1) is 18.7 Å². The van der Waals surface area contributed by atoms with Gasteiger partial charge in [-0.3, -0.25) is 9.20 Å². The third-order valence-corrected chi connectivity index (χ3v) is 4.76. The van der Waals surface area contributed by atoms with Crippen molar-refractivity contribution in [1.29, 1.82) is 0 Å². The maximum Gasteiger partial charge on any atom is 0.226 e. The minimum absolute atomic E-state index is 0.0878. The number of rotatable bonds is 5. The monoisotopic (exact) mass is 371 g/mol. The molecule has 0 spiro atoms. The zero-order valence-electron chi connectivity index (χ0n) is 13.1. The number of benzene rings is 1. The summed E-state index contributed by atoms with van der Waals surface area (Å²) in [6.45, 7) is 0.342. The van der Waals surface area contributed by atoms with Gasteiger partial charge in [0.2, 0.25) is 5.91 Å². The fourth-order valence-corrected chi connectivity index (χ4v) is 3.36. The molecule has 1 N–H and O–H groups in total. The number of hydrogen-bond acceptors (Lipinski definition) is 4. The zero-order chi connectivity index (χ0) is 17.2. The van der Waals surface area contributed by atoms with Crippen LogP contribution in [0.5, 0.6) is 0 Å². The Morgan fingerprint density at radius 3 is 2.88 bits per heavy atom. The maximum absolute atomic E-state index is 12.1. The number of nitrogens with one attached hydrogen (secondary N) is 1. The molecule has 3 heterocycles. The van der Waals surface area contributed by atoms with Crippen molar-refractivity contribution in [3.63, 3.8) is 0 Å². The fourth-order valence-electron chi connectivity index (χ4n) is 2.52. The van der Waals surface area contributed by atoms with E-state index in [0.717, 1.165) is 22.0 Å². The molecular weight excluding hydrogens is 358 g/mol. The molecule has 0 aliphatic carbocycles. The Morgan fingerprint density at radius 1 is 1.24 bits per heavy atom. The number of nitrogens with zero attached hydrogens (tertiary/aromatic N) is 2. The number of carbonyl (C=O) groups excluding carboxylic acids is 1. The molecule has 7 heteroatoms. The molecule has 0 atom stereocenters. The number of thiazole rings is 1. The van der Waals surface area contributed by atoms with Gasteiger partial charge in [-0.2, -0.15) is 0 Å². The lowest BCUT2D eigenvalue weighted by molar-refractivity contribution is -0.120. The van der Waals surface area contributed by atoms with E-state index in [1.807, 2.05) is 58.6 Å². The molecule has 0 bridgehead atoms. The summed E-state index contributed by atoms with van der Waals surface area (Å²) in [5.41, 5.74) is 1.70. The van der Waals surface area contributed by atoms with Gasteiger partial charge in [-0.25, -0.2) is 4.98 Å². The van der Waals surface area contributed by atoms with Gasteiger partial charge < -0.3 is 9.73 Å². The van der Waals surface area contributed by atoms with Crippen LogP contribution in [0.2, 0.25) is 5.02 Å². The highest BCUT2D eigenvalue weighted by atomic mass is 35.5. The van der Waals surface area contributed by atoms with Crippen LogP contribution in [-0.2, 0) is 17.8 Å². The predicted molar refractivity (Wildman–Crippen MR) is 97.8 cm³/mol. The van der Waals surface area contributed by atoms with Gasteiger partial charge in [0.15, 0.2) is 4.96 Å². The minimum Gasteiger partial charge on any atom is -0.459 e. The van der Waals surface area contributed by atoms with E-state index in [-0.39, 0.29) is 12.3 Å². The number of imidazole rings is 1. The molecule has 0 aliphatic heterocycles. The van der Waals surface area contributed by atoms with Gasteiger partial charge in [-0.1, -0.05) is 11.6 Å². The van der Waals surface area contributed by atoms with E-state index in [1.54, 1.807) is 11.3 Å². The quantitative estimate of drug-likeness (QED) is 0.572. The lowest BCUT2D eigenvalue weighted by Gasteiger charge is -2.02. The molecule has 0 aliphatic rings. The number of hydrogen-bond donors (Lipinski definition) is 1. The van der Waals surface area contributed by atoms with Crippen molar-refractivity contribution in [2.24, 2.45) is 0 Å². The molecule has 4 aromatic rings. The SMILES string of the molecule is O=C(Cc1cn2ccsc2n1)NCc1ccc(-c2ccc(Cl)cc2)o1. The van der Waals surface area contributed by atoms with Crippen molar-refractivity contribution in [3.8, 4) is 11.3 Å². The lowest BCUT2D eigenvalue weighted by Crippen LogP contribution is -2.24. The summed E-state index contributed by atoms with van der Waals surface area (Å²) in [5.74, 6) is 1.36. The largest absolute Gasteiger partial charge is 0.459 e. The van der Waals surface area contributed by atoms with Crippen LogP contribution in [0.1, 0.15) is 11.5 Å². The average molecular weight is 372 g/mol. The van der Waals surface area contributed by atoms with Crippen molar-refractivity contribution in [2.75, 3.05) is 0 Å². The second-order valence-electron chi connectivity index (χ2n) is 5.55. The Kier molecular flexibility index (Phi) is 4.29. The van der Waals surface area contributed by atoms with Crippen LogP contribution in [0.3, 0.4) is 0 Å². The Labute approximate surface area is 152 Å². The summed E-state index contributed by atoms with van der Waals surface area (Å²) in [7, 11) is 0. The molecule has 5 nitrogen and oxygen atoms in total. The molecule has 126 valence electrons. The van der Waals surface area contributed by atoms with E-state index in [4.69, 9.17) is 16.0 Å². The zero-order valence-corrected chi connectivity index (χ0v) is 14.7. The molecule has 0 unspecified atom stereocenters. The van der Waals surface area contributed by atoms with Crippen LogP contribution in [0.15, 0.2) is 58.6 Å². The number of halogens is 1. The van der Waals surface area contributed by atoms with E-state index in [2.05, 4.69) is 10.3 Å². The summed E-state index contributed by atoms with van der Waals surface area (Å²) in [6, 6.07) is 11.2. The van der Waals surface area contributed by atoms with Crippen LogP contribution in [0, 0.1) is 0 Å². The highest BCUT2D eigenvalue weighted by molar-refractivity contribution is 7.15. The van der Waals surface area contributed by atoms with E-state index in [1.165, 1.54) is 0 Å². The number of carbonyl (C=O) groups is 1. The van der Waals surface area contributed by atoms with Crippen molar-refractivity contribution in [3.05, 3.63) is 70.6 Å². The molecule has 0 fully saturated rings. The molecule has 0 radical (unpaired) electrons. The van der Waals surface area contributed by atoms with Crippen LogP contribution >= 0.6 is 22.9 Å². The highest BCUT2D eigenvalue weighted by Gasteiger charge is 2.10. The number of fused-ring (bicyclic) bond motifs is 1. The fraction of sp³-hybridized carbons (Fsp3) is 0.111. The molecule has 0 saturated carbocycles. The predicted octanol–water partition coefficient (Wildman–Crippen LogP) is 4.17.